The maximum absolute atomic E-state index is 9.25. The fourth-order valence-electron chi connectivity index (χ4n) is 0. The molecule has 0 aromatic heterocycles. The highest BCUT2D eigenvalue weighted by molar-refractivity contribution is 7.66. The van der Waals surface area contributed by atoms with Crippen molar-refractivity contribution in [3.63, 3.8) is 0 Å². The largest absolute Gasteiger partial charge is 0.478 e. The lowest BCUT2D eigenvalue weighted by atomic mass is 10.7. The summed E-state index contributed by atoms with van der Waals surface area (Å²) in [6.07, 6.45) is 1.67. The summed E-state index contributed by atoms with van der Waals surface area (Å²) in [5.41, 5.74) is 0. The van der Waals surface area contributed by atoms with Crippen molar-refractivity contribution in [1.82, 2.24) is 0 Å². The standard InChI is InChI=1S/2C3H4O2.H2O3S/c2*1-2-3(4)5;1-4(2)3/h2*2H,1H2,(H,4,5);4H,(H,1,2,3). The molecule has 0 unspecified atom stereocenters. The first-order chi connectivity index (χ1) is 6.27. The van der Waals surface area contributed by atoms with Gasteiger partial charge in [0.05, 0.1) is 0 Å². The molecule has 0 spiro atoms. The second kappa shape index (κ2) is 13.9. The first-order valence-corrected chi connectivity index (χ1v) is 3.94. The molecule has 0 aromatic rings. The highest BCUT2D eigenvalue weighted by atomic mass is 32.2. The molecule has 0 fully saturated rings. The van der Waals surface area contributed by atoms with Crippen molar-refractivity contribution >= 4 is 22.9 Å². The zero-order valence-corrected chi connectivity index (χ0v) is 7.89. The van der Waals surface area contributed by atoms with E-state index < -0.39 is 22.9 Å². The molecule has 8 heteroatoms. The van der Waals surface area contributed by atoms with Gasteiger partial charge in [-0.2, -0.15) is 0 Å². The molecule has 0 heterocycles. The van der Waals surface area contributed by atoms with Gasteiger partial charge in [-0.25, -0.2) is 18.0 Å². The number of rotatable bonds is 2. The van der Waals surface area contributed by atoms with Gasteiger partial charge < -0.3 is 10.2 Å². The van der Waals surface area contributed by atoms with E-state index in [1.807, 2.05) is 0 Å². The SMILES string of the molecule is C=CC(=O)O.C=CC(=O)O.O=[SH](=O)O. The molecular weight excluding hydrogens is 216 g/mol. The molecule has 0 rings (SSSR count). The third-order valence-electron chi connectivity index (χ3n) is 0.349. The van der Waals surface area contributed by atoms with E-state index in [0.29, 0.717) is 0 Å². The quantitative estimate of drug-likeness (QED) is 0.286. The number of carbonyl (C=O) groups is 2. The third-order valence-corrected chi connectivity index (χ3v) is 0.349. The van der Waals surface area contributed by atoms with E-state index in [1.165, 1.54) is 0 Å². The number of hydrogen-bond acceptors (Lipinski definition) is 4. The van der Waals surface area contributed by atoms with Crippen LogP contribution in [0.2, 0.25) is 0 Å². The van der Waals surface area contributed by atoms with Crippen LogP contribution >= 0.6 is 0 Å². The number of carboxylic acid groups (broad SMARTS) is 2. The molecule has 7 nitrogen and oxygen atoms in total. The molecule has 0 aliphatic carbocycles. The Hall–Kier alpha value is -1.67. The Morgan fingerprint density at radius 1 is 1.00 bits per heavy atom. The molecule has 0 amide bonds. The Labute approximate surface area is 81.8 Å². The fourth-order valence-corrected chi connectivity index (χ4v) is 0. The van der Waals surface area contributed by atoms with E-state index in [2.05, 4.69) is 13.2 Å². The van der Waals surface area contributed by atoms with Gasteiger partial charge >= 0.3 is 11.9 Å². The van der Waals surface area contributed by atoms with Gasteiger partial charge in [0.25, 0.3) is 11.0 Å². The first-order valence-electron chi connectivity index (χ1n) is 2.81. The minimum atomic E-state index is -3.12. The average molecular weight is 226 g/mol. The van der Waals surface area contributed by atoms with Crippen LogP contribution < -0.4 is 0 Å². The maximum atomic E-state index is 9.25. The van der Waals surface area contributed by atoms with Crippen LogP contribution in [0.4, 0.5) is 0 Å². The van der Waals surface area contributed by atoms with E-state index in [9.17, 15) is 9.59 Å². The van der Waals surface area contributed by atoms with Crippen molar-refractivity contribution in [3.8, 4) is 0 Å². The van der Waals surface area contributed by atoms with Crippen LogP contribution in [0.25, 0.3) is 0 Å². The molecule has 3 N–H and O–H groups in total. The topological polar surface area (TPSA) is 129 Å². The van der Waals surface area contributed by atoms with E-state index in [4.69, 9.17) is 23.2 Å². The Balaban J connectivity index is -0.000000131. The number of carboxylic acids is 2. The number of aliphatic carboxylic acids is 2. The second-order valence-electron chi connectivity index (χ2n) is 1.32. The third kappa shape index (κ3) is 166. The van der Waals surface area contributed by atoms with Gasteiger partial charge in [-0.05, 0) is 0 Å². The van der Waals surface area contributed by atoms with Gasteiger partial charge in [0.1, 0.15) is 0 Å². The lowest BCUT2D eigenvalue weighted by Crippen LogP contribution is -1.82. The summed E-state index contributed by atoms with van der Waals surface area (Å²) in [4.78, 5) is 18.5. The van der Waals surface area contributed by atoms with E-state index >= 15 is 0 Å². The van der Waals surface area contributed by atoms with Gasteiger partial charge in [-0.1, -0.05) is 13.2 Å². The summed E-state index contributed by atoms with van der Waals surface area (Å²) in [5.74, 6) is -1.96. The summed E-state index contributed by atoms with van der Waals surface area (Å²) in [6.45, 7) is 5.92. The van der Waals surface area contributed by atoms with Crippen molar-refractivity contribution in [2.24, 2.45) is 0 Å². The van der Waals surface area contributed by atoms with Crippen LogP contribution in [-0.4, -0.2) is 35.1 Å². The maximum Gasteiger partial charge on any atom is 0.327 e. The zero-order chi connectivity index (χ0) is 12.1. The second-order valence-corrected chi connectivity index (χ2v) is 1.80. The van der Waals surface area contributed by atoms with Crippen LogP contribution in [0, 0.1) is 0 Å². The van der Waals surface area contributed by atoms with Crippen LogP contribution in [0.15, 0.2) is 25.3 Å². The van der Waals surface area contributed by atoms with Crippen molar-refractivity contribution < 1.29 is 32.8 Å². The normalized spacial score (nSPS) is 7.00. The molecule has 0 saturated heterocycles. The lowest BCUT2D eigenvalue weighted by Gasteiger charge is -1.64. The smallest absolute Gasteiger partial charge is 0.327 e. The molecule has 14 heavy (non-hydrogen) atoms. The van der Waals surface area contributed by atoms with Gasteiger partial charge in [-0.3, -0.25) is 4.55 Å². The molecule has 0 aliphatic rings. The van der Waals surface area contributed by atoms with E-state index in [-0.39, 0.29) is 0 Å². The minimum Gasteiger partial charge on any atom is -0.478 e. The average Bonchev–Trinajstić information content (AvgIpc) is 2.04. The molecule has 0 aromatic carbocycles. The zero-order valence-electron chi connectivity index (χ0n) is 6.99. The Morgan fingerprint density at radius 3 is 1.07 bits per heavy atom. The van der Waals surface area contributed by atoms with Crippen molar-refractivity contribution in [3.05, 3.63) is 25.3 Å². The summed E-state index contributed by atoms with van der Waals surface area (Å²) in [6, 6.07) is 0. The highest BCUT2D eigenvalue weighted by Crippen LogP contribution is 1.55. The molecule has 0 bridgehead atoms. The Bertz CT molecular complexity index is 239. The van der Waals surface area contributed by atoms with Crippen molar-refractivity contribution in [2.75, 3.05) is 0 Å². The van der Waals surface area contributed by atoms with E-state index in [0.717, 1.165) is 12.2 Å². The summed E-state index contributed by atoms with van der Waals surface area (Å²) >= 11 is 0. The van der Waals surface area contributed by atoms with Crippen LogP contribution in [-0.2, 0) is 20.6 Å². The molecule has 0 atom stereocenters. The van der Waals surface area contributed by atoms with Crippen molar-refractivity contribution in [2.45, 2.75) is 0 Å². The molecular formula is C6H10O7S. The predicted octanol–water partition coefficient (Wildman–Crippen LogP) is -0.415. The van der Waals surface area contributed by atoms with Crippen LogP contribution in [0.1, 0.15) is 0 Å². The molecule has 0 aliphatic heterocycles. The Kier molecular flexibility index (Phi) is 18.0. The predicted molar refractivity (Wildman–Crippen MR) is 48.6 cm³/mol. The van der Waals surface area contributed by atoms with Gasteiger partial charge in [0, 0.05) is 12.2 Å². The monoisotopic (exact) mass is 226 g/mol. The summed E-state index contributed by atoms with van der Waals surface area (Å²) in [5, 5.41) is 15.2. The summed E-state index contributed by atoms with van der Waals surface area (Å²) < 4.78 is 24.2. The number of thiol groups is 1. The highest BCUT2D eigenvalue weighted by Gasteiger charge is 1.73. The lowest BCUT2D eigenvalue weighted by molar-refractivity contribution is -0.132. The first kappa shape index (κ1) is 18.2. The van der Waals surface area contributed by atoms with Crippen LogP contribution in [0.5, 0.6) is 0 Å². The fraction of sp³-hybridized carbons (Fsp3) is 0. The minimum absolute atomic E-state index is 0.833. The Morgan fingerprint density at radius 2 is 1.07 bits per heavy atom. The van der Waals surface area contributed by atoms with E-state index in [1.54, 1.807) is 0 Å². The number of hydrogen-bond donors (Lipinski definition) is 4. The summed E-state index contributed by atoms with van der Waals surface area (Å²) in [7, 11) is -3.12. The molecule has 0 saturated carbocycles. The van der Waals surface area contributed by atoms with Gasteiger partial charge in [-0.15, -0.1) is 0 Å². The van der Waals surface area contributed by atoms with Crippen LogP contribution in [0.3, 0.4) is 0 Å². The molecule has 82 valence electrons. The van der Waals surface area contributed by atoms with Crippen molar-refractivity contribution in [1.29, 1.82) is 0 Å². The van der Waals surface area contributed by atoms with Gasteiger partial charge in [0.15, 0.2) is 0 Å². The molecule has 0 radical (unpaired) electrons. The van der Waals surface area contributed by atoms with Gasteiger partial charge in [0.2, 0.25) is 0 Å².